The van der Waals surface area contributed by atoms with Crippen molar-refractivity contribution in [3.8, 4) is 0 Å². The third kappa shape index (κ3) is 6.70. The molecule has 0 aromatic heterocycles. The van der Waals surface area contributed by atoms with Crippen molar-refractivity contribution in [2.24, 2.45) is 4.99 Å². The highest BCUT2D eigenvalue weighted by Gasteiger charge is 2.21. The largest absolute Gasteiger partial charge is 0.378 e. The monoisotopic (exact) mass is 394 g/mol. The normalized spacial score (nSPS) is 15.7. The van der Waals surface area contributed by atoms with Gasteiger partial charge in [0.1, 0.15) is 0 Å². The summed E-state index contributed by atoms with van der Waals surface area (Å²) in [5.41, 5.74) is 1.63. The number of nitrogens with zero attached hydrogens (tertiary/aromatic N) is 2. The summed E-state index contributed by atoms with van der Waals surface area (Å²) in [5.74, 6) is 0.814. The van der Waals surface area contributed by atoms with Gasteiger partial charge in [0.15, 0.2) is 5.96 Å². The molecule has 1 aromatic carbocycles. The Morgan fingerprint density at radius 2 is 2.07 bits per heavy atom. The molecule has 2 N–H and O–H groups in total. The smallest absolute Gasteiger partial charge is 0.226 e. The summed E-state index contributed by atoms with van der Waals surface area (Å²) in [6, 6.07) is 5.50. The first kappa shape index (κ1) is 21.5. The Morgan fingerprint density at radius 3 is 2.74 bits per heavy atom. The van der Waals surface area contributed by atoms with Gasteiger partial charge in [-0.3, -0.25) is 9.79 Å². The summed E-state index contributed by atoms with van der Waals surface area (Å²) in [6.07, 6.45) is 2.69. The molecular weight excluding hydrogens is 364 g/mol. The van der Waals surface area contributed by atoms with Crippen molar-refractivity contribution >= 4 is 29.2 Å². The topological polar surface area (TPSA) is 66.0 Å². The number of piperidine rings is 1. The highest BCUT2D eigenvalue weighted by molar-refractivity contribution is 6.31. The Balaban J connectivity index is 1.85. The average Bonchev–Trinajstić information content (AvgIpc) is 2.66. The molecule has 0 bridgehead atoms. The van der Waals surface area contributed by atoms with Gasteiger partial charge < -0.3 is 20.3 Å². The lowest BCUT2D eigenvalue weighted by Crippen LogP contribution is -2.47. The van der Waals surface area contributed by atoms with Crippen LogP contribution in [0.3, 0.4) is 0 Å². The van der Waals surface area contributed by atoms with Crippen LogP contribution >= 0.6 is 11.6 Å². The molecule has 1 heterocycles. The van der Waals surface area contributed by atoms with E-state index in [4.69, 9.17) is 16.3 Å². The van der Waals surface area contributed by atoms with Gasteiger partial charge in [0.25, 0.3) is 0 Å². The zero-order chi connectivity index (χ0) is 19.6. The fraction of sp³-hybridized carbons (Fsp3) is 0.600. The van der Waals surface area contributed by atoms with E-state index in [9.17, 15) is 4.79 Å². The number of likely N-dealkylation sites (tertiary alicyclic amines) is 1. The minimum atomic E-state index is -0.0602. The van der Waals surface area contributed by atoms with E-state index >= 15 is 0 Å². The summed E-state index contributed by atoms with van der Waals surface area (Å²) in [5, 5.41) is 6.89. The van der Waals surface area contributed by atoms with Crippen molar-refractivity contribution in [1.82, 2.24) is 10.2 Å². The second-order valence-electron chi connectivity index (χ2n) is 6.59. The molecule has 6 nitrogen and oxygen atoms in total. The predicted octanol–water partition coefficient (Wildman–Crippen LogP) is 3.44. The standard InChI is InChI=1S/C20H31ClN4O2/c1-4-22-20(25-13-10-16(11-14-25)27-5-2)23-12-9-19(26)24-18-8-6-7-17(21)15(18)3/h6-8,16H,4-5,9-14H2,1-3H3,(H,22,23)(H,24,26). The first-order chi connectivity index (χ1) is 13.0. The molecule has 27 heavy (non-hydrogen) atoms. The van der Waals surface area contributed by atoms with Gasteiger partial charge in [-0.25, -0.2) is 0 Å². The lowest BCUT2D eigenvalue weighted by Gasteiger charge is -2.34. The maximum Gasteiger partial charge on any atom is 0.226 e. The Hall–Kier alpha value is -1.79. The molecule has 0 radical (unpaired) electrons. The molecule has 7 heteroatoms. The van der Waals surface area contributed by atoms with Crippen LogP contribution in [0.1, 0.15) is 38.7 Å². The fourth-order valence-corrected chi connectivity index (χ4v) is 3.29. The molecule has 1 aliphatic rings. The van der Waals surface area contributed by atoms with Gasteiger partial charge in [0, 0.05) is 43.4 Å². The van der Waals surface area contributed by atoms with Crippen molar-refractivity contribution in [2.45, 2.75) is 46.1 Å². The van der Waals surface area contributed by atoms with Crippen molar-refractivity contribution in [1.29, 1.82) is 0 Å². The molecule has 0 saturated carbocycles. The number of benzene rings is 1. The molecule has 0 unspecified atom stereocenters. The zero-order valence-corrected chi connectivity index (χ0v) is 17.3. The van der Waals surface area contributed by atoms with Crippen LogP contribution in [-0.4, -0.2) is 55.7 Å². The summed E-state index contributed by atoms with van der Waals surface area (Å²) < 4.78 is 5.71. The van der Waals surface area contributed by atoms with Gasteiger partial charge in [-0.2, -0.15) is 0 Å². The van der Waals surface area contributed by atoms with Gasteiger partial charge in [-0.05, 0) is 51.3 Å². The van der Waals surface area contributed by atoms with E-state index in [0.29, 0.717) is 24.1 Å². The lowest BCUT2D eigenvalue weighted by molar-refractivity contribution is -0.116. The minimum Gasteiger partial charge on any atom is -0.378 e. The van der Waals surface area contributed by atoms with Crippen LogP contribution in [0.4, 0.5) is 5.69 Å². The van der Waals surface area contributed by atoms with E-state index in [1.165, 1.54) is 0 Å². The van der Waals surface area contributed by atoms with Gasteiger partial charge >= 0.3 is 0 Å². The first-order valence-corrected chi connectivity index (χ1v) is 10.1. The number of guanidine groups is 1. The molecule has 1 saturated heterocycles. The van der Waals surface area contributed by atoms with Crippen LogP contribution in [0, 0.1) is 6.92 Å². The number of aliphatic imine (C=N–C) groups is 1. The number of carbonyl (C=O) groups excluding carboxylic acids is 1. The van der Waals surface area contributed by atoms with Gasteiger partial charge in [-0.15, -0.1) is 0 Å². The number of carbonyl (C=O) groups is 1. The number of amides is 1. The van der Waals surface area contributed by atoms with Crippen molar-refractivity contribution in [2.75, 3.05) is 38.1 Å². The van der Waals surface area contributed by atoms with Crippen LogP contribution in [0.25, 0.3) is 0 Å². The Kier molecular flexibility index (Phi) is 8.88. The number of ether oxygens (including phenoxy) is 1. The number of hydrogen-bond acceptors (Lipinski definition) is 3. The van der Waals surface area contributed by atoms with Crippen molar-refractivity contribution in [3.05, 3.63) is 28.8 Å². The molecular formula is C20H31ClN4O2. The molecule has 1 amide bonds. The summed E-state index contributed by atoms with van der Waals surface area (Å²) in [4.78, 5) is 19.1. The highest BCUT2D eigenvalue weighted by atomic mass is 35.5. The van der Waals surface area contributed by atoms with E-state index in [-0.39, 0.29) is 5.91 Å². The first-order valence-electron chi connectivity index (χ1n) is 9.75. The lowest BCUT2D eigenvalue weighted by atomic mass is 10.1. The van der Waals surface area contributed by atoms with Crippen LogP contribution < -0.4 is 10.6 Å². The summed E-state index contributed by atoms with van der Waals surface area (Å²) >= 11 is 6.10. The number of rotatable bonds is 7. The molecule has 0 spiro atoms. The predicted molar refractivity (Wildman–Crippen MR) is 112 cm³/mol. The second-order valence-corrected chi connectivity index (χ2v) is 7.00. The van der Waals surface area contributed by atoms with E-state index in [1.54, 1.807) is 0 Å². The van der Waals surface area contributed by atoms with Crippen LogP contribution in [0.5, 0.6) is 0 Å². The van der Waals surface area contributed by atoms with E-state index in [0.717, 1.165) is 56.3 Å². The van der Waals surface area contributed by atoms with E-state index in [1.807, 2.05) is 32.0 Å². The van der Waals surface area contributed by atoms with E-state index in [2.05, 4.69) is 27.4 Å². The van der Waals surface area contributed by atoms with Crippen molar-refractivity contribution < 1.29 is 9.53 Å². The number of anilines is 1. The summed E-state index contributed by atoms with van der Waals surface area (Å²) in [7, 11) is 0. The third-order valence-electron chi connectivity index (χ3n) is 4.62. The van der Waals surface area contributed by atoms with E-state index < -0.39 is 0 Å². The number of hydrogen-bond donors (Lipinski definition) is 2. The molecule has 1 aliphatic heterocycles. The number of halogens is 1. The Morgan fingerprint density at radius 1 is 1.33 bits per heavy atom. The SMILES string of the molecule is CCNC(=NCCC(=O)Nc1cccc(Cl)c1C)N1CCC(OCC)CC1. The molecule has 1 fully saturated rings. The third-order valence-corrected chi connectivity index (χ3v) is 5.03. The second kappa shape index (κ2) is 11.1. The van der Waals surface area contributed by atoms with Gasteiger partial charge in [-0.1, -0.05) is 17.7 Å². The maximum atomic E-state index is 12.2. The van der Waals surface area contributed by atoms with Crippen molar-refractivity contribution in [3.63, 3.8) is 0 Å². The molecule has 2 rings (SSSR count). The maximum absolute atomic E-state index is 12.2. The summed E-state index contributed by atoms with van der Waals surface area (Å²) in [6.45, 7) is 9.84. The molecule has 150 valence electrons. The minimum absolute atomic E-state index is 0.0602. The molecule has 0 aliphatic carbocycles. The Labute approximate surface area is 167 Å². The quantitative estimate of drug-likeness (QED) is 0.549. The van der Waals surface area contributed by atoms with Crippen LogP contribution in [0.15, 0.2) is 23.2 Å². The number of nitrogens with one attached hydrogen (secondary N) is 2. The Bertz CT molecular complexity index is 643. The molecule has 0 atom stereocenters. The highest BCUT2D eigenvalue weighted by Crippen LogP contribution is 2.23. The fourth-order valence-electron chi connectivity index (χ4n) is 3.11. The average molecular weight is 395 g/mol. The molecule has 1 aromatic rings. The van der Waals surface area contributed by atoms with Gasteiger partial charge in [0.05, 0.1) is 12.6 Å². The van der Waals surface area contributed by atoms with Crippen LogP contribution in [0.2, 0.25) is 5.02 Å². The zero-order valence-electron chi connectivity index (χ0n) is 16.6. The van der Waals surface area contributed by atoms with Crippen LogP contribution in [-0.2, 0) is 9.53 Å². The van der Waals surface area contributed by atoms with Gasteiger partial charge in [0.2, 0.25) is 5.91 Å².